The Balaban J connectivity index is 1.46. The molecule has 31 heavy (non-hydrogen) atoms. The summed E-state index contributed by atoms with van der Waals surface area (Å²) in [4.78, 5) is 12.4. The second kappa shape index (κ2) is 9.48. The van der Waals surface area contributed by atoms with Gasteiger partial charge in [-0.15, -0.1) is 5.10 Å². The zero-order valence-electron chi connectivity index (χ0n) is 16.1. The Labute approximate surface area is 180 Å². The second-order valence-corrected chi connectivity index (χ2v) is 7.45. The average Bonchev–Trinajstić information content (AvgIpc) is 3.26. The van der Waals surface area contributed by atoms with Gasteiger partial charge >= 0.3 is 5.97 Å². The quantitative estimate of drug-likeness (QED) is 0.311. The molecule has 0 atom stereocenters. The fourth-order valence-electron chi connectivity index (χ4n) is 2.81. The molecule has 3 aromatic carbocycles. The van der Waals surface area contributed by atoms with Crippen LogP contribution in [0.1, 0.15) is 21.5 Å². The summed E-state index contributed by atoms with van der Waals surface area (Å²) < 4.78 is 33.9. The van der Waals surface area contributed by atoms with Crippen LogP contribution in [0.5, 0.6) is 0 Å². The normalized spacial score (nSPS) is 10.8. The Hall–Kier alpha value is -3.59. The van der Waals surface area contributed by atoms with Gasteiger partial charge in [0.1, 0.15) is 18.2 Å². The Morgan fingerprint density at radius 3 is 2.68 bits per heavy atom. The van der Waals surface area contributed by atoms with Crippen molar-refractivity contribution >= 4 is 17.7 Å². The van der Waals surface area contributed by atoms with E-state index >= 15 is 0 Å². The minimum Gasteiger partial charge on any atom is -0.457 e. The van der Waals surface area contributed by atoms with Crippen molar-refractivity contribution in [2.75, 3.05) is 0 Å². The Morgan fingerprint density at radius 2 is 1.84 bits per heavy atom. The van der Waals surface area contributed by atoms with Crippen molar-refractivity contribution in [3.63, 3.8) is 0 Å². The number of nitrogens with zero attached hydrogens (tertiary/aromatic N) is 4. The van der Waals surface area contributed by atoms with Crippen LogP contribution in [0, 0.1) is 11.6 Å². The SMILES string of the molecule is O=C(OCc1cccc(F)c1)c1cccc(-n2nnnc2SCc2ccccc2F)c1. The molecule has 0 unspecified atom stereocenters. The summed E-state index contributed by atoms with van der Waals surface area (Å²) in [6.07, 6.45) is 0. The smallest absolute Gasteiger partial charge is 0.338 e. The van der Waals surface area contributed by atoms with Crippen LogP contribution in [0.25, 0.3) is 5.69 Å². The van der Waals surface area contributed by atoms with Crippen LogP contribution in [0.3, 0.4) is 0 Å². The second-order valence-electron chi connectivity index (χ2n) is 6.51. The molecule has 0 saturated carbocycles. The molecule has 0 fully saturated rings. The monoisotopic (exact) mass is 438 g/mol. The molecule has 156 valence electrons. The lowest BCUT2D eigenvalue weighted by atomic mass is 10.2. The highest BCUT2D eigenvalue weighted by atomic mass is 32.2. The highest BCUT2D eigenvalue weighted by Gasteiger charge is 2.14. The molecule has 0 aliphatic rings. The van der Waals surface area contributed by atoms with Crippen LogP contribution in [0.15, 0.2) is 78.0 Å². The number of hydrogen-bond acceptors (Lipinski definition) is 6. The first-order valence-corrected chi connectivity index (χ1v) is 10.3. The highest BCUT2D eigenvalue weighted by Crippen LogP contribution is 2.24. The summed E-state index contributed by atoms with van der Waals surface area (Å²) in [6, 6.07) is 19.0. The van der Waals surface area contributed by atoms with Gasteiger partial charge < -0.3 is 4.74 Å². The van der Waals surface area contributed by atoms with Gasteiger partial charge in [0.15, 0.2) is 0 Å². The van der Waals surface area contributed by atoms with E-state index in [9.17, 15) is 13.6 Å². The number of esters is 1. The molecule has 9 heteroatoms. The fraction of sp³-hybridized carbons (Fsp3) is 0.0909. The van der Waals surface area contributed by atoms with E-state index in [0.29, 0.717) is 33.3 Å². The summed E-state index contributed by atoms with van der Waals surface area (Å²) in [5, 5.41) is 12.1. The van der Waals surface area contributed by atoms with E-state index in [1.165, 1.54) is 34.6 Å². The maximum atomic E-state index is 13.9. The number of tetrazole rings is 1. The summed E-state index contributed by atoms with van der Waals surface area (Å²) in [5.41, 5.74) is 1.95. The zero-order chi connectivity index (χ0) is 21.6. The number of benzene rings is 3. The first-order valence-electron chi connectivity index (χ1n) is 9.27. The van der Waals surface area contributed by atoms with E-state index in [0.717, 1.165) is 0 Å². The fourth-order valence-corrected chi connectivity index (χ4v) is 3.69. The molecule has 0 N–H and O–H groups in total. The maximum absolute atomic E-state index is 13.9. The third-order valence-corrected chi connectivity index (χ3v) is 5.31. The summed E-state index contributed by atoms with van der Waals surface area (Å²) in [5.74, 6) is -0.894. The zero-order valence-corrected chi connectivity index (χ0v) is 16.9. The van der Waals surface area contributed by atoms with Gasteiger partial charge in [-0.25, -0.2) is 13.6 Å². The number of carbonyl (C=O) groups is 1. The summed E-state index contributed by atoms with van der Waals surface area (Å²) in [7, 11) is 0. The molecule has 0 bridgehead atoms. The van der Waals surface area contributed by atoms with Gasteiger partial charge in [-0.2, -0.15) is 4.68 Å². The number of hydrogen-bond donors (Lipinski definition) is 0. The predicted molar refractivity (Wildman–Crippen MR) is 111 cm³/mol. The number of halogens is 2. The molecule has 0 saturated heterocycles. The van der Waals surface area contributed by atoms with Crippen molar-refractivity contribution in [3.8, 4) is 5.69 Å². The molecule has 0 spiro atoms. The van der Waals surface area contributed by atoms with E-state index < -0.39 is 11.8 Å². The molecule has 4 aromatic rings. The van der Waals surface area contributed by atoms with Crippen LogP contribution in [-0.4, -0.2) is 26.2 Å². The number of ether oxygens (including phenoxy) is 1. The maximum Gasteiger partial charge on any atom is 0.338 e. The van der Waals surface area contributed by atoms with Crippen LogP contribution in [0.2, 0.25) is 0 Å². The van der Waals surface area contributed by atoms with Crippen molar-refractivity contribution in [2.45, 2.75) is 17.5 Å². The van der Waals surface area contributed by atoms with Crippen molar-refractivity contribution in [1.29, 1.82) is 0 Å². The number of rotatable bonds is 7. The molecule has 6 nitrogen and oxygen atoms in total. The largest absolute Gasteiger partial charge is 0.457 e. The molecule has 1 heterocycles. The lowest BCUT2D eigenvalue weighted by Gasteiger charge is -2.08. The topological polar surface area (TPSA) is 69.9 Å². The van der Waals surface area contributed by atoms with Gasteiger partial charge in [0, 0.05) is 5.75 Å². The Morgan fingerprint density at radius 1 is 1.00 bits per heavy atom. The first-order chi connectivity index (χ1) is 15.1. The minimum atomic E-state index is -0.556. The van der Waals surface area contributed by atoms with Gasteiger partial charge in [-0.05, 0) is 58.0 Å². The number of aromatic nitrogens is 4. The summed E-state index contributed by atoms with van der Waals surface area (Å²) in [6.45, 7) is -0.0462. The number of thioether (sulfide) groups is 1. The van der Waals surface area contributed by atoms with E-state index in [1.807, 2.05) is 0 Å². The lowest BCUT2D eigenvalue weighted by Crippen LogP contribution is -2.07. The van der Waals surface area contributed by atoms with E-state index in [1.54, 1.807) is 54.6 Å². The van der Waals surface area contributed by atoms with E-state index in [2.05, 4.69) is 15.5 Å². The lowest BCUT2D eigenvalue weighted by molar-refractivity contribution is 0.0472. The van der Waals surface area contributed by atoms with Crippen molar-refractivity contribution in [1.82, 2.24) is 20.2 Å². The van der Waals surface area contributed by atoms with Crippen molar-refractivity contribution in [3.05, 3.63) is 101 Å². The van der Waals surface area contributed by atoms with E-state index in [-0.39, 0.29) is 12.4 Å². The van der Waals surface area contributed by atoms with Crippen molar-refractivity contribution in [2.24, 2.45) is 0 Å². The predicted octanol–water partition coefficient (Wildman–Crippen LogP) is 4.59. The number of carbonyl (C=O) groups excluding carboxylic acids is 1. The highest BCUT2D eigenvalue weighted by molar-refractivity contribution is 7.98. The average molecular weight is 438 g/mol. The molecule has 0 aliphatic heterocycles. The summed E-state index contributed by atoms with van der Waals surface area (Å²) >= 11 is 1.27. The van der Waals surface area contributed by atoms with Crippen LogP contribution < -0.4 is 0 Å². The van der Waals surface area contributed by atoms with Gasteiger partial charge in [-0.3, -0.25) is 0 Å². The minimum absolute atomic E-state index is 0.0462. The van der Waals surface area contributed by atoms with Gasteiger partial charge in [0.2, 0.25) is 5.16 Å². The molecule has 1 aromatic heterocycles. The van der Waals surface area contributed by atoms with Crippen LogP contribution in [0.4, 0.5) is 8.78 Å². The Bertz CT molecular complexity index is 1220. The van der Waals surface area contributed by atoms with Crippen molar-refractivity contribution < 1.29 is 18.3 Å². The van der Waals surface area contributed by atoms with Crippen LogP contribution in [-0.2, 0) is 17.1 Å². The Kier molecular flexibility index (Phi) is 6.32. The van der Waals surface area contributed by atoms with Crippen LogP contribution >= 0.6 is 11.8 Å². The molecule has 0 amide bonds. The van der Waals surface area contributed by atoms with Gasteiger partial charge in [0.05, 0.1) is 11.3 Å². The molecular weight excluding hydrogens is 422 g/mol. The standard InChI is InChI=1S/C22H16F2N4O2S/c23-18-8-3-5-15(11-18)13-30-21(29)16-7-4-9-19(12-16)28-22(25-26-27-28)31-14-17-6-1-2-10-20(17)24/h1-12H,13-14H2. The molecule has 0 radical (unpaired) electrons. The van der Waals surface area contributed by atoms with Gasteiger partial charge in [-0.1, -0.05) is 48.2 Å². The van der Waals surface area contributed by atoms with E-state index in [4.69, 9.17) is 4.74 Å². The first kappa shape index (κ1) is 20.7. The molecule has 4 rings (SSSR count). The third kappa shape index (κ3) is 5.13. The molecule has 0 aliphatic carbocycles. The van der Waals surface area contributed by atoms with Gasteiger partial charge in [0.25, 0.3) is 0 Å². The third-order valence-electron chi connectivity index (χ3n) is 4.34. The molecular formula is C22H16F2N4O2S.